The van der Waals surface area contributed by atoms with Crippen molar-refractivity contribution in [3.63, 3.8) is 0 Å². The van der Waals surface area contributed by atoms with Gasteiger partial charge in [0.05, 0.1) is 35.0 Å². The first-order chi connectivity index (χ1) is 20.8. The van der Waals surface area contributed by atoms with Crippen molar-refractivity contribution in [2.45, 2.75) is 33.2 Å². The van der Waals surface area contributed by atoms with Crippen molar-refractivity contribution in [2.24, 2.45) is 5.92 Å². The summed E-state index contributed by atoms with van der Waals surface area (Å²) < 4.78 is 23.8. The zero-order valence-corrected chi connectivity index (χ0v) is 25.0. The lowest BCUT2D eigenvalue weighted by Gasteiger charge is -2.24. The number of aliphatic hydroxyl groups excluding tert-OH is 1. The zero-order valence-electron chi connectivity index (χ0n) is 24.2. The molecule has 10 heteroatoms. The normalized spacial score (nSPS) is 17.6. The number of carbonyl (C=O) groups excluding carboxylic acids is 2. The van der Waals surface area contributed by atoms with Crippen LogP contribution < -0.4 is 23.8 Å². The van der Waals surface area contributed by atoms with Gasteiger partial charge in [-0.3, -0.25) is 14.5 Å². The van der Waals surface area contributed by atoms with Gasteiger partial charge in [-0.05, 0) is 73.4 Å². The minimum atomic E-state index is -0.950. The van der Waals surface area contributed by atoms with Gasteiger partial charge < -0.3 is 24.1 Å². The number of anilines is 1. The maximum atomic E-state index is 13.7. The molecule has 0 aliphatic carbocycles. The topological polar surface area (TPSA) is 107 Å². The summed E-state index contributed by atoms with van der Waals surface area (Å²) in [5.41, 5.74) is 1.56. The molecule has 1 atom stereocenters. The van der Waals surface area contributed by atoms with Crippen molar-refractivity contribution in [1.82, 2.24) is 4.98 Å². The van der Waals surface area contributed by atoms with E-state index in [9.17, 15) is 14.7 Å². The highest BCUT2D eigenvalue weighted by Crippen LogP contribution is 2.46. The third kappa shape index (κ3) is 5.62. The molecule has 222 valence electrons. The second-order valence-corrected chi connectivity index (χ2v) is 11.7. The van der Waals surface area contributed by atoms with Crippen molar-refractivity contribution in [2.75, 3.05) is 31.3 Å². The fraction of sp³-hybridized carbons (Fsp3) is 0.303. The van der Waals surface area contributed by atoms with Crippen molar-refractivity contribution in [3.05, 3.63) is 77.4 Å². The molecule has 1 saturated heterocycles. The summed E-state index contributed by atoms with van der Waals surface area (Å²) in [5, 5.41) is 12.0. The maximum Gasteiger partial charge on any atom is 0.301 e. The van der Waals surface area contributed by atoms with E-state index in [0.717, 1.165) is 11.1 Å². The first-order valence-electron chi connectivity index (χ1n) is 14.3. The van der Waals surface area contributed by atoms with Gasteiger partial charge in [0, 0.05) is 5.56 Å². The summed E-state index contributed by atoms with van der Waals surface area (Å²) in [6, 6.07) is 16.8. The Morgan fingerprint density at radius 3 is 2.60 bits per heavy atom. The molecule has 1 amide bonds. The van der Waals surface area contributed by atoms with Gasteiger partial charge in [-0.25, -0.2) is 4.98 Å². The Kier molecular flexibility index (Phi) is 7.94. The number of aromatic nitrogens is 1. The molecule has 0 saturated carbocycles. The molecule has 1 fully saturated rings. The monoisotopic (exact) mass is 600 g/mol. The number of Topliss-reactive ketones (excluding diaryl/α,β-unsaturated/α-hetero) is 1. The van der Waals surface area contributed by atoms with Crippen LogP contribution in [0, 0.1) is 5.92 Å². The molecule has 4 aromatic rings. The predicted octanol–water partition coefficient (Wildman–Crippen LogP) is 6.52. The first-order valence-corrected chi connectivity index (χ1v) is 15.1. The third-order valence-electron chi connectivity index (χ3n) is 7.26. The standard InChI is InChI=1S/C33H32N2O7S/c1-4-39-23-9-10-24-27(18-23)43-33(34-24)35-29(20-6-5-7-22(16-20)40-13-12-19(2)3)28(31(37)32(35)38)30(36)21-8-11-25-26(17-21)42-15-14-41-25/h5-11,16-19,29,36H,4,12-15H2,1-3H3/b30-28+. The van der Waals surface area contributed by atoms with Crippen LogP contribution in [0.1, 0.15) is 44.4 Å². The number of benzene rings is 3. The average Bonchev–Trinajstić information content (AvgIpc) is 3.54. The van der Waals surface area contributed by atoms with E-state index in [2.05, 4.69) is 13.8 Å². The SMILES string of the molecule is CCOc1ccc2nc(N3C(=O)C(=O)/C(=C(/O)c4ccc5c(c4)OCCO5)C3c3cccc(OCCC(C)C)c3)sc2c1. The molecule has 2 aliphatic rings. The molecule has 0 spiro atoms. The lowest BCUT2D eigenvalue weighted by Crippen LogP contribution is -2.29. The molecule has 43 heavy (non-hydrogen) atoms. The minimum absolute atomic E-state index is 0.0460. The molecule has 1 aromatic heterocycles. The van der Waals surface area contributed by atoms with E-state index in [4.69, 9.17) is 23.9 Å². The molecule has 0 bridgehead atoms. The van der Waals surface area contributed by atoms with Crippen molar-refractivity contribution < 1.29 is 33.6 Å². The Bertz CT molecular complexity index is 1730. The minimum Gasteiger partial charge on any atom is -0.507 e. The number of amides is 1. The fourth-order valence-electron chi connectivity index (χ4n) is 5.13. The summed E-state index contributed by atoms with van der Waals surface area (Å²) >= 11 is 1.28. The molecule has 1 N–H and O–H groups in total. The van der Waals surface area contributed by atoms with Crippen LogP contribution >= 0.6 is 11.3 Å². The molecular formula is C33H32N2O7S. The van der Waals surface area contributed by atoms with Crippen molar-refractivity contribution in [3.8, 4) is 23.0 Å². The lowest BCUT2D eigenvalue weighted by molar-refractivity contribution is -0.132. The number of hydrogen-bond acceptors (Lipinski definition) is 9. The Balaban J connectivity index is 1.47. The predicted molar refractivity (Wildman–Crippen MR) is 164 cm³/mol. The fourth-order valence-corrected chi connectivity index (χ4v) is 6.15. The summed E-state index contributed by atoms with van der Waals surface area (Å²) in [6.45, 7) is 7.99. The zero-order chi connectivity index (χ0) is 30.1. The van der Waals surface area contributed by atoms with E-state index in [0.29, 0.717) is 77.1 Å². The molecule has 9 nitrogen and oxygen atoms in total. The molecule has 0 radical (unpaired) electrons. The molecule has 3 aromatic carbocycles. The van der Waals surface area contributed by atoms with Crippen LogP contribution in [-0.4, -0.2) is 48.2 Å². The van der Waals surface area contributed by atoms with Crippen LogP contribution in [-0.2, 0) is 9.59 Å². The summed E-state index contributed by atoms with van der Waals surface area (Å²) in [7, 11) is 0. The van der Waals surface area contributed by atoms with Gasteiger partial charge >= 0.3 is 5.91 Å². The maximum absolute atomic E-state index is 13.7. The second kappa shape index (κ2) is 12.0. The first kappa shape index (κ1) is 28.5. The quantitative estimate of drug-likeness (QED) is 0.132. The van der Waals surface area contributed by atoms with E-state index in [1.54, 1.807) is 18.2 Å². The molecular weight excluding hydrogens is 568 g/mol. The number of ketones is 1. The Labute approximate surface area is 253 Å². The van der Waals surface area contributed by atoms with Gasteiger partial charge in [0.15, 0.2) is 16.6 Å². The van der Waals surface area contributed by atoms with Crippen LogP contribution in [0.2, 0.25) is 0 Å². The van der Waals surface area contributed by atoms with E-state index in [1.807, 2.05) is 49.4 Å². The molecule has 3 heterocycles. The number of carbonyl (C=O) groups is 2. The number of thiazole rings is 1. The average molecular weight is 601 g/mol. The number of aliphatic hydroxyl groups is 1. The highest BCUT2D eigenvalue weighted by molar-refractivity contribution is 7.22. The summed E-state index contributed by atoms with van der Waals surface area (Å²) in [6.07, 6.45) is 0.877. The highest BCUT2D eigenvalue weighted by Gasteiger charge is 2.48. The number of hydrogen-bond donors (Lipinski definition) is 1. The van der Waals surface area contributed by atoms with Crippen LogP contribution in [0.3, 0.4) is 0 Å². The summed E-state index contributed by atoms with van der Waals surface area (Å²) in [5.74, 6) is 0.876. The highest BCUT2D eigenvalue weighted by atomic mass is 32.1. The third-order valence-corrected chi connectivity index (χ3v) is 8.28. The van der Waals surface area contributed by atoms with E-state index in [-0.39, 0.29) is 11.3 Å². The van der Waals surface area contributed by atoms with Gasteiger partial charge in [-0.2, -0.15) is 0 Å². The van der Waals surface area contributed by atoms with E-state index >= 15 is 0 Å². The number of ether oxygens (including phenoxy) is 4. The Morgan fingerprint density at radius 2 is 1.81 bits per heavy atom. The van der Waals surface area contributed by atoms with Gasteiger partial charge in [-0.1, -0.05) is 37.3 Å². The molecule has 2 aliphatic heterocycles. The van der Waals surface area contributed by atoms with E-state index in [1.165, 1.54) is 16.2 Å². The van der Waals surface area contributed by atoms with E-state index < -0.39 is 17.7 Å². The molecule has 6 rings (SSSR count). The van der Waals surface area contributed by atoms with Crippen LogP contribution in [0.25, 0.3) is 16.0 Å². The van der Waals surface area contributed by atoms with Crippen molar-refractivity contribution >= 4 is 44.1 Å². The Hall–Kier alpha value is -4.57. The van der Waals surface area contributed by atoms with Gasteiger partial charge in [0.25, 0.3) is 5.78 Å². The van der Waals surface area contributed by atoms with Crippen molar-refractivity contribution in [1.29, 1.82) is 0 Å². The number of rotatable bonds is 9. The number of fused-ring (bicyclic) bond motifs is 2. The second-order valence-electron chi connectivity index (χ2n) is 10.7. The largest absolute Gasteiger partial charge is 0.507 e. The van der Waals surface area contributed by atoms with Crippen LogP contribution in [0.4, 0.5) is 5.13 Å². The van der Waals surface area contributed by atoms with Gasteiger partial charge in [0.2, 0.25) is 0 Å². The number of nitrogens with zero attached hydrogens (tertiary/aromatic N) is 2. The van der Waals surface area contributed by atoms with Gasteiger partial charge in [-0.15, -0.1) is 0 Å². The molecule has 1 unspecified atom stereocenters. The van der Waals surface area contributed by atoms with Crippen LogP contribution in [0.15, 0.2) is 66.2 Å². The lowest BCUT2D eigenvalue weighted by atomic mass is 9.95. The Morgan fingerprint density at radius 1 is 1.02 bits per heavy atom. The van der Waals surface area contributed by atoms with Gasteiger partial charge in [0.1, 0.15) is 30.5 Å². The smallest absolute Gasteiger partial charge is 0.301 e. The summed E-state index contributed by atoms with van der Waals surface area (Å²) in [4.78, 5) is 33.5. The van der Waals surface area contributed by atoms with Crippen LogP contribution in [0.5, 0.6) is 23.0 Å².